The van der Waals surface area contributed by atoms with E-state index in [1.165, 1.54) is 0 Å². The van der Waals surface area contributed by atoms with E-state index in [4.69, 9.17) is 4.42 Å². The van der Waals surface area contributed by atoms with Crippen LogP contribution in [0, 0.1) is 5.41 Å². The van der Waals surface area contributed by atoms with Crippen LogP contribution in [-0.4, -0.2) is 53.9 Å². The van der Waals surface area contributed by atoms with E-state index >= 15 is 0 Å². The predicted molar refractivity (Wildman–Crippen MR) is 80.3 cm³/mol. The summed E-state index contributed by atoms with van der Waals surface area (Å²) in [5, 5.41) is 11.0. The van der Waals surface area contributed by atoms with Crippen LogP contribution >= 0.6 is 0 Å². The summed E-state index contributed by atoms with van der Waals surface area (Å²) >= 11 is 0. The van der Waals surface area contributed by atoms with Crippen molar-refractivity contribution in [2.75, 3.05) is 37.6 Å². The SMILES string of the molecule is CCc1nnc(N2CCN(C(=O)NCC(C)(C)C)CC2)o1. The predicted octanol–water partition coefficient (Wildman–Crippen LogP) is 1.51. The number of urea groups is 1. The van der Waals surface area contributed by atoms with Gasteiger partial charge in [-0.05, 0) is 5.41 Å². The Labute approximate surface area is 125 Å². The molecule has 1 aliphatic rings. The van der Waals surface area contributed by atoms with Gasteiger partial charge in [0, 0.05) is 39.1 Å². The molecule has 1 aliphatic heterocycles. The molecule has 1 aromatic rings. The number of aryl methyl sites for hydroxylation is 1. The summed E-state index contributed by atoms with van der Waals surface area (Å²) in [5.41, 5.74) is 0.0950. The van der Waals surface area contributed by atoms with Crippen molar-refractivity contribution >= 4 is 12.0 Å². The molecule has 2 rings (SSSR count). The van der Waals surface area contributed by atoms with Crippen molar-refractivity contribution in [3.63, 3.8) is 0 Å². The molecule has 0 aromatic carbocycles. The first-order chi connectivity index (χ1) is 9.89. The lowest BCUT2D eigenvalue weighted by molar-refractivity contribution is 0.189. The smallest absolute Gasteiger partial charge is 0.318 e. The number of nitrogens with zero attached hydrogens (tertiary/aromatic N) is 4. The fraction of sp³-hybridized carbons (Fsp3) is 0.786. The second kappa shape index (κ2) is 6.32. The Balaban J connectivity index is 1.81. The van der Waals surface area contributed by atoms with Gasteiger partial charge in [-0.3, -0.25) is 0 Å². The Hall–Kier alpha value is -1.79. The number of anilines is 1. The number of carbonyl (C=O) groups excluding carboxylic acids is 1. The van der Waals surface area contributed by atoms with Crippen LogP contribution in [0.3, 0.4) is 0 Å². The van der Waals surface area contributed by atoms with Crippen molar-refractivity contribution in [1.82, 2.24) is 20.4 Å². The highest BCUT2D eigenvalue weighted by Crippen LogP contribution is 2.15. The normalized spacial score (nSPS) is 16.2. The number of hydrogen-bond donors (Lipinski definition) is 1. The number of aromatic nitrogens is 2. The van der Waals surface area contributed by atoms with Crippen LogP contribution in [0.4, 0.5) is 10.8 Å². The van der Waals surface area contributed by atoms with Crippen molar-refractivity contribution in [2.24, 2.45) is 5.41 Å². The molecule has 2 heterocycles. The Kier molecular flexibility index (Phi) is 4.69. The molecular formula is C14H25N5O2. The summed E-state index contributed by atoms with van der Waals surface area (Å²) in [5.74, 6) is 0.648. The molecule has 0 unspecified atom stereocenters. The van der Waals surface area contributed by atoms with Crippen LogP contribution in [0.15, 0.2) is 4.42 Å². The van der Waals surface area contributed by atoms with E-state index < -0.39 is 0 Å². The third kappa shape index (κ3) is 4.34. The van der Waals surface area contributed by atoms with Gasteiger partial charge < -0.3 is 19.5 Å². The quantitative estimate of drug-likeness (QED) is 0.915. The highest BCUT2D eigenvalue weighted by molar-refractivity contribution is 5.74. The number of hydrogen-bond acceptors (Lipinski definition) is 5. The van der Waals surface area contributed by atoms with Crippen molar-refractivity contribution in [3.8, 4) is 0 Å². The molecule has 1 aromatic heterocycles. The van der Waals surface area contributed by atoms with Gasteiger partial charge in [0.2, 0.25) is 5.89 Å². The highest BCUT2D eigenvalue weighted by Gasteiger charge is 2.24. The average molecular weight is 295 g/mol. The summed E-state index contributed by atoms with van der Waals surface area (Å²) < 4.78 is 5.54. The number of carbonyl (C=O) groups is 1. The molecular weight excluding hydrogens is 270 g/mol. The zero-order valence-corrected chi connectivity index (χ0v) is 13.3. The Morgan fingerprint density at radius 2 is 1.90 bits per heavy atom. The summed E-state index contributed by atoms with van der Waals surface area (Å²) in [4.78, 5) is 15.9. The summed E-state index contributed by atoms with van der Waals surface area (Å²) in [6.07, 6.45) is 0.738. The zero-order valence-electron chi connectivity index (χ0n) is 13.3. The first-order valence-electron chi connectivity index (χ1n) is 7.49. The monoisotopic (exact) mass is 295 g/mol. The molecule has 1 saturated heterocycles. The van der Waals surface area contributed by atoms with Gasteiger partial charge in [-0.15, -0.1) is 5.10 Å². The first kappa shape index (κ1) is 15.6. The molecule has 1 fully saturated rings. The van der Waals surface area contributed by atoms with Gasteiger partial charge in [0.15, 0.2) is 0 Å². The molecule has 0 bridgehead atoms. The van der Waals surface area contributed by atoms with Gasteiger partial charge >= 0.3 is 12.0 Å². The Morgan fingerprint density at radius 3 is 2.43 bits per heavy atom. The number of nitrogens with one attached hydrogen (secondary N) is 1. The van der Waals surface area contributed by atoms with E-state index in [9.17, 15) is 4.79 Å². The third-order valence-electron chi connectivity index (χ3n) is 3.37. The molecule has 1 N–H and O–H groups in total. The van der Waals surface area contributed by atoms with Crippen molar-refractivity contribution in [3.05, 3.63) is 5.89 Å². The average Bonchev–Trinajstić information content (AvgIpc) is 2.93. The largest absolute Gasteiger partial charge is 0.408 e. The van der Waals surface area contributed by atoms with Gasteiger partial charge in [-0.1, -0.05) is 32.8 Å². The van der Waals surface area contributed by atoms with E-state index in [1.54, 1.807) is 0 Å². The number of amides is 2. The number of piperazine rings is 1. The first-order valence-corrected chi connectivity index (χ1v) is 7.49. The Morgan fingerprint density at radius 1 is 1.24 bits per heavy atom. The molecule has 2 amide bonds. The van der Waals surface area contributed by atoms with E-state index in [1.807, 2.05) is 16.7 Å². The molecule has 0 spiro atoms. The minimum Gasteiger partial charge on any atom is -0.408 e. The molecule has 7 nitrogen and oxygen atoms in total. The molecule has 7 heteroatoms. The fourth-order valence-corrected chi connectivity index (χ4v) is 2.07. The third-order valence-corrected chi connectivity index (χ3v) is 3.37. The molecule has 21 heavy (non-hydrogen) atoms. The molecule has 0 saturated carbocycles. The van der Waals surface area contributed by atoms with Crippen LogP contribution in [0.1, 0.15) is 33.6 Å². The van der Waals surface area contributed by atoms with E-state index in [0.717, 1.165) is 6.42 Å². The molecule has 0 radical (unpaired) electrons. The molecule has 118 valence electrons. The standard InChI is InChI=1S/C14H25N5O2/c1-5-11-16-17-13(21-11)19-8-6-18(7-9-19)12(20)15-10-14(2,3)4/h5-10H2,1-4H3,(H,15,20). The maximum Gasteiger partial charge on any atom is 0.318 e. The topological polar surface area (TPSA) is 74.5 Å². The van der Waals surface area contributed by atoms with E-state index in [0.29, 0.717) is 44.6 Å². The maximum absolute atomic E-state index is 12.1. The minimum absolute atomic E-state index is 0.00403. The van der Waals surface area contributed by atoms with Crippen LogP contribution in [0.5, 0.6) is 0 Å². The van der Waals surface area contributed by atoms with Crippen LogP contribution in [-0.2, 0) is 6.42 Å². The summed E-state index contributed by atoms with van der Waals surface area (Å²) in [6, 6.07) is 0.561. The zero-order chi connectivity index (χ0) is 15.5. The van der Waals surface area contributed by atoms with Gasteiger partial charge in [0.25, 0.3) is 0 Å². The van der Waals surface area contributed by atoms with Gasteiger partial charge in [-0.2, -0.15) is 0 Å². The van der Waals surface area contributed by atoms with Crippen LogP contribution < -0.4 is 10.2 Å². The van der Waals surface area contributed by atoms with Gasteiger partial charge in [0.1, 0.15) is 0 Å². The summed E-state index contributed by atoms with van der Waals surface area (Å²) in [6.45, 7) is 11.7. The second-order valence-corrected chi connectivity index (χ2v) is 6.53. The minimum atomic E-state index is 0.00403. The van der Waals surface area contributed by atoms with Crippen molar-refractivity contribution < 1.29 is 9.21 Å². The lowest BCUT2D eigenvalue weighted by Crippen LogP contribution is -2.52. The highest BCUT2D eigenvalue weighted by atomic mass is 16.4. The lowest BCUT2D eigenvalue weighted by Gasteiger charge is -2.34. The Bertz CT molecular complexity index is 472. The summed E-state index contributed by atoms with van der Waals surface area (Å²) in [7, 11) is 0. The van der Waals surface area contributed by atoms with Crippen molar-refractivity contribution in [2.45, 2.75) is 34.1 Å². The molecule has 0 aliphatic carbocycles. The van der Waals surface area contributed by atoms with Gasteiger partial charge in [-0.25, -0.2) is 4.79 Å². The van der Waals surface area contributed by atoms with Gasteiger partial charge in [0.05, 0.1) is 0 Å². The van der Waals surface area contributed by atoms with Crippen LogP contribution in [0.2, 0.25) is 0 Å². The maximum atomic E-state index is 12.1. The van der Waals surface area contributed by atoms with E-state index in [-0.39, 0.29) is 11.4 Å². The van der Waals surface area contributed by atoms with Crippen molar-refractivity contribution in [1.29, 1.82) is 0 Å². The van der Waals surface area contributed by atoms with Crippen LogP contribution in [0.25, 0.3) is 0 Å². The lowest BCUT2D eigenvalue weighted by atomic mass is 9.97. The van der Waals surface area contributed by atoms with E-state index in [2.05, 4.69) is 36.3 Å². The fourth-order valence-electron chi connectivity index (χ4n) is 2.07. The number of rotatable bonds is 3. The second-order valence-electron chi connectivity index (χ2n) is 6.53. The molecule has 0 atom stereocenters.